The van der Waals surface area contributed by atoms with E-state index in [-0.39, 0.29) is 5.82 Å². The van der Waals surface area contributed by atoms with Crippen LogP contribution in [0, 0.1) is 5.82 Å². The molecule has 0 radical (unpaired) electrons. The average molecular weight is 221 g/mol. The van der Waals surface area contributed by atoms with Crippen LogP contribution in [0.3, 0.4) is 0 Å². The van der Waals surface area contributed by atoms with Crippen molar-refractivity contribution in [2.45, 2.75) is 32.7 Å². The van der Waals surface area contributed by atoms with Gasteiger partial charge in [-0.3, -0.25) is 0 Å². The Balaban J connectivity index is 2.34. The van der Waals surface area contributed by atoms with Gasteiger partial charge in [0.05, 0.1) is 0 Å². The van der Waals surface area contributed by atoms with Gasteiger partial charge in [0.2, 0.25) is 0 Å². The van der Waals surface area contributed by atoms with Crippen LogP contribution in [0.15, 0.2) is 30.3 Å². The van der Waals surface area contributed by atoms with Crippen molar-refractivity contribution >= 4 is 6.08 Å². The number of benzene rings is 1. The van der Waals surface area contributed by atoms with Crippen LogP contribution in [0.5, 0.6) is 0 Å². The van der Waals surface area contributed by atoms with Gasteiger partial charge < -0.3 is 5.32 Å². The molecule has 0 amide bonds. The van der Waals surface area contributed by atoms with Gasteiger partial charge in [-0.05, 0) is 30.5 Å². The molecule has 0 aromatic heterocycles. The summed E-state index contributed by atoms with van der Waals surface area (Å²) in [5.41, 5.74) is 1.03. The highest BCUT2D eigenvalue weighted by molar-refractivity contribution is 5.48. The lowest BCUT2D eigenvalue weighted by atomic mass is 10.1. The number of hydrogen-bond acceptors (Lipinski definition) is 1. The van der Waals surface area contributed by atoms with E-state index in [1.54, 1.807) is 12.1 Å². The number of nitrogens with one attached hydrogen (secondary N) is 1. The second kappa shape index (κ2) is 7.18. The molecular weight excluding hydrogens is 201 g/mol. The molecule has 0 saturated heterocycles. The van der Waals surface area contributed by atoms with Crippen LogP contribution >= 0.6 is 0 Å². The van der Waals surface area contributed by atoms with Crippen molar-refractivity contribution in [2.75, 3.05) is 6.54 Å². The van der Waals surface area contributed by atoms with E-state index in [0.717, 1.165) is 24.9 Å². The van der Waals surface area contributed by atoms with Gasteiger partial charge in [-0.1, -0.05) is 38.1 Å². The van der Waals surface area contributed by atoms with E-state index in [1.165, 1.54) is 12.1 Å². The summed E-state index contributed by atoms with van der Waals surface area (Å²) in [7, 11) is 0. The molecule has 0 heterocycles. The second-order valence-electron chi connectivity index (χ2n) is 3.88. The topological polar surface area (TPSA) is 12.0 Å². The maximum Gasteiger partial charge on any atom is 0.123 e. The highest BCUT2D eigenvalue weighted by Crippen LogP contribution is 2.04. The summed E-state index contributed by atoms with van der Waals surface area (Å²) in [5, 5.41) is 3.44. The molecule has 0 unspecified atom stereocenters. The van der Waals surface area contributed by atoms with Crippen LogP contribution in [0.4, 0.5) is 4.39 Å². The van der Waals surface area contributed by atoms with Crippen molar-refractivity contribution in [2.24, 2.45) is 0 Å². The molecule has 1 aromatic carbocycles. The van der Waals surface area contributed by atoms with Gasteiger partial charge in [-0.15, -0.1) is 0 Å². The lowest BCUT2D eigenvalue weighted by Crippen LogP contribution is -2.27. The monoisotopic (exact) mass is 221 g/mol. The fourth-order valence-electron chi connectivity index (χ4n) is 1.58. The van der Waals surface area contributed by atoms with E-state index in [2.05, 4.69) is 25.2 Å². The second-order valence-corrected chi connectivity index (χ2v) is 3.88. The average Bonchev–Trinajstić information content (AvgIpc) is 2.32. The Labute approximate surface area is 97.4 Å². The molecule has 0 fully saturated rings. The van der Waals surface area contributed by atoms with Gasteiger partial charge in [-0.2, -0.15) is 0 Å². The fourth-order valence-corrected chi connectivity index (χ4v) is 1.58. The third-order valence-electron chi connectivity index (χ3n) is 2.69. The first-order chi connectivity index (χ1) is 7.76. The van der Waals surface area contributed by atoms with Crippen LogP contribution < -0.4 is 5.32 Å². The zero-order valence-corrected chi connectivity index (χ0v) is 10.0. The summed E-state index contributed by atoms with van der Waals surface area (Å²) in [6, 6.07) is 7.12. The summed E-state index contributed by atoms with van der Waals surface area (Å²) >= 11 is 0. The first-order valence-corrected chi connectivity index (χ1v) is 5.91. The predicted molar refractivity (Wildman–Crippen MR) is 67.8 cm³/mol. The Hall–Kier alpha value is -1.15. The van der Waals surface area contributed by atoms with Crippen molar-refractivity contribution in [3.8, 4) is 0 Å². The molecule has 1 aromatic rings. The minimum absolute atomic E-state index is 0.188. The Bertz CT molecular complexity index is 312. The maximum atomic E-state index is 12.6. The highest BCUT2D eigenvalue weighted by atomic mass is 19.1. The summed E-state index contributed by atoms with van der Waals surface area (Å²) in [5.74, 6) is -0.188. The molecule has 1 N–H and O–H groups in total. The van der Waals surface area contributed by atoms with Gasteiger partial charge in [0.25, 0.3) is 0 Å². The Morgan fingerprint density at radius 3 is 2.38 bits per heavy atom. The molecule has 0 bridgehead atoms. The quantitative estimate of drug-likeness (QED) is 0.773. The number of hydrogen-bond donors (Lipinski definition) is 1. The van der Waals surface area contributed by atoms with Crippen molar-refractivity contribution in [3.63, 3.8) is 0 Å². The Morgan fingerprint density at radius 2 is 1.81 bits per heavy atom. The van der Waals surface area contributed by atoms with E-state index in [9.17, 15) is 4.39 Å². The summed E-state index contributed by atoms with van der Waals surface area (Å²) < 4.78 is 12.6. The normalized spacial score (nSPS) is 11.5. The van der Waals surface area contributed by atoms with Crippen LogP contribution in [0.1, 0.15) is 32.3 Å². The van der Waals surface area contributed by atoms with E-state index in [4.69, 9.17) is 0 Å². The third-order valence-corrected chi connectivity index (χ3v) is 2.69. The van der Waals surface area contributed by atoms with Crippen molar-refractivity contribution in [3.05, 3.63) is 41.7 Å². The van der Waals surface area contributed by atoms with Gasteiger partial charge >= 0.3 is 0 Å². The molecule has 0 spiro atoms. The molecule has 0 aliphatic carbocycles. The van der Waals surface area contributed by atoms with Gasteiger partial charge in [-0.25, -0.2) is 4.39 Å². The highest BCUT2D eigenvalue weighted by Gasteiger charge is 1.98. The van der Waals surface area contributed by atoms with Crippen molar-refractivity contribution in [1.82, 2.24) is 5.32 Å². The van der Waals surface area contributed by atoms with E-state index in [1.807, 2.05) is 6.08 Å². The molecular formula is C14H20FN. The summed E-state index contributed by atoms with van der Waals surface area (Å²) in [6.45, 7) is 5.24. The van der Waals surface area contributed by atoms with Gasteiger partial charge in [0.15, 0.2) is 0 Å². The third kappa shape index (κ3) is 4.58. The van der Waals surface area contributed by atoms with Crippen LogP contribution in [0.25, 0.3) is 6.08 Å². The Kier molecular flexibility index (Phi) is 5.79. The first-order valence-electron chi connectivity index (χ1n) is 5.91. The summed E-state index contributed by atoms with van der Waals surface area (Å²) in [6.07, 6.45) is 6.39. The SMILES string of the molecule is CCC(CC)NC/C=C/c1ccc(F)cc1. The van der Waals surface area contributed by atoms with Gasteiger partial charge in [0.1, 0.15) is 5.82 Å². The minimum Gasteiger partial charge on any atom is -0.311 e. The van der Waals surface area contributed by atoms with Crippen LogP contribution in [-0.4, -0.2) is 12.6 Å². The standard InChI is InChI=1S/C14H20FN/c1-3-14(4-2)16-11-5-6-12-7-9-13(15)10-8-12/h5-10,14,16H,3-4,11H2,1-2H3/b6-5+. The zero-order chi connectivity index (χ0) is 11.8. The summed E-state index contributed by atoms with van der Waals surface area (Å²) in [4.78, 5) is 0. The molecule has 1 nitrogen and oxygen atoms in total. The predicted octanol–water partition coefficient (Wildman–Crippen LogP) is 3.62. The molecule has 1 rings (SSSR count). The Morgan fingerprint density at radius 1 is 1.19 bits per heavy atom. The number of halogens is 1. The van der Waals surface area contributed by atoms with E-state index < -0.39 is 0 Å². The van der Waals surface area contributed by atoms with Gasteiger partial charge in [0, 0.05) is 12.6 Å². The fraction of sp³-hybridized carbons (Fsp3) is 0.429. The largest absolute Gasteiger partial charge is 0.311 e. The molecule has 16 heavy (non-hydrogen) atoms. The molecule has 0 aliphatic heterocycles. The molecule has 88 valence electrons. The van der Waals surface area contributed by atoms with E-state index >= 15 is 0 Å². The maximum absolute atomic E-state index is 12.6. The number of rotatable bonds is 6. The zero-order valence-electron chi connectivity index (χ0n) is 10.0. The van der Waals surface area contributed by atoms with Crippen LogP contribution in [-0.2, 0) is 0 Å². The van der Waals surface area contributed by atoms with Crippen LogP contribution in [0.2, 0.25) is 0 Å². The van der Waals surface area contributed by atoms with Crippen molar-refractivity contribution < 1.29 is 4.39 Å². The van der Waals surface area contributed by atoms with E-state index in [0.29, 0.717) is 6.04 Å². The smallest absolute Gasteiger partial charge is 0.123 e. The molecule has 0 aliphatic rings. The lowest BCUT2D eigenvalue weighted by molar-refractivity contribution is 0.511. The lowest BCUT2D eigenvalue weighted by Gasteiger charge is -2.12. The molecule has 0 saturated carbocycles. The first kappa shape index (κ1) is 12.9. The van der Waals surface area contributed by atoms with Crippen molar-refractivity contribution in [1.29, 1.82) is 0 Å². The minimum atomic E-state index is -0.188. The molecule has 2 heteroatoms. The molecule has 0 atom stereocenters.